The van der Waals surface area contributed by atoms with Crippen molar-refractivity contribution in [2.24, 2.45) is 0 Å². The topological polar surface area (TPSA) is 12.2 Å². The average Bonchev–Trinajstić information content (AvgIpc) is 2.78. The van der Waals surface area contributed by atoms with E-state index in [2.05, 4.69) is 43.0 Å². The largest absolute Gasteiger partial charge is 0.362 e. The van der Waals surface area contributed by atoms with Gasteiger partial charge in [0.05, 0.1) is 0 Å². The molecule has 0 bridgehead atoms. The molecule has 0 saturated carbocycles. The number of benzene rings is 1. The summed E-state index contributed by atoms with van der Waals surface area (Å²) in [6.07, 6.45) is 0.117. The fourth-order valence-corrected chi connectivity index (χ4v) is 1.84. The molecule has 2 rings (SSSR count). The van der Waals surface area contributed by atoms with Crippen molar-refractivity contribution in [3.8, 4) is 0 Å². The number of nitrogens with zero attached hydrogens (tertiary/aromatic N) is 1. The van der Waals surface area contributed by atoms with Gasteiger partial charge < -0.3 is 4.74 Å². The summed E-state index contributed by atoms with van der Waals surface area (Å²) in [5, 5.41) is 0. The Morgan fingerprint density at radius 3 is 2.29 bits per heavy atom. The van der Waals surface area contributed by atoms with E-state index in [4.69, 9.17) is 4.74 Å². The smallest absolute Gasteiger partial charge is 0.136 e. The highest BCUT2D eigenvalue weighted by Crippen LogP contribution is 2.40. The molecular formula is C12H17NO. The summed E-state index contributed by atoms with van der Waals surface area (Å²) in [6, 6.07) is 10.4. The Morgan fingerprint density at radius 1 is 1.29 bits per heavy atom. The van der Waals surface area contributed by atoms with Crippen LogP contribution >= 0.6 is 0 Å². The minimum absolute atomic E-state index is 0.117. The lowest BCUT2D eigenvalue weighted by Gasteiger charge is -2.19. The number of methoxy groups -OCH3 is 1. The van der Waals surface area contributed by atoms with Crippen LogP contribution in [0.5, 0.6) is 0 Å². The number of rotatable bonds is 3. The molecule has 0 spiro atoms. The van der Waals surface area contributed by atoms with E-state index in [0.29, 0.717) is 5.54 Å². The van der Waals surface area contributed by atoms with Gasteiger partial charge in [-0.05, 0) is 19.4 Å². The molecular weight excluding hydrogens is 174 g/mol. The van der Waals surface area contributed by atoms with Gasteiger partial charge in [-0.25, -0.2) is 0 Å². The van der Waals surface area contributed by atoms with Crippen molar-refractivity contribution < 1.29 is 4.74 Å². The highest BCUT2D eigenvalue weighted by atomic mass is 16.5. The molecule has 2 heteroatoms. The van der Waals surface area contributed by atoms with Gasteiger partial charge in [0, 0.05) is 19.2 Å². The fourth-order valence-electron chi connectivity index (χ4n) is 1.84. The van der Waals surface area contributed by atoms with Gasteiger partial charge in [0.25, 0.3) is 0 Å². The highest BCUT2D eigenvalue weighted by molar-refractivity contribution is 5.20. The van der Waals surface area contributed by atoms with Crippen LogP contribution in [-0.4, -0.2) is 24.1 Å². The SMILES string of the molecule is COC(c1ccccc1)N1CC1(C)C. The summed E-state index contributed by atoms with van der Waals surface area (Å²) in [7, 11) is 1.77. The maximum Gasteiger partial charge on any atom is 0.136 e. The maximum atomic E-state index is 5.52. The second-order valence-corrected chi connectivity index (χ2v) is 4.44. The van der Waals surface area contributed by atoms with E-state index in [1.807, 2.05) is 6.07 Å². The first kappa shape index (κ1) is 9.69. The summed E-state index contributed by atoms with van der Waals surface area (Å²) >= 11 is 0. The van der Waals surface area contributed by atoms with Gasteiger partial charge in [-0.1, -0.05) is 30.3 Å². The molecule has 14 heavy (non-hydrogen) atoms. The van der Waals surface area contributed by atoms with Crippen molar-refractivity contribution in [3.63, 3.8) is 0 Å². The first-order valence-corrected chi connectivity index (χ1v) is 4.99. The van der Waals surface area contributed by atoms with Gasteiger partial charge in [0.1, 0.15) is 6.23 Å². The molecule has 1 heterocycles. The maximum absolute atomic E-state index is 5.52. The zero-order chi connectivity index (χ0) is 10.2. The van der Waals surface area contributed by atoms with Gasteiger partial charge in [0.15, 0.2) is 0 Å². The lowest BCUT2D eigenvalue weighted by molar-refractivity contribution is 0.0129. The Labute approximate surface area is 85.5 Å². The summed E-state index contributed by atoms with van der Waals surface area (Å²) in [5.74, 6) is 0. The molecule has 1 fully saturated rings. The van der Waals surface area contributed by atoms with Crippen LogP contribution in [0.3, 0.4) is 0 Å². The van der Waals surface area contributed by atoms with Crippen LogP contribution in [0.4, 0.5) is 0 Å². The third kappa shape index (κ3) is 1.68. The van der Waals surface area contributed by atoms with Gasteiger partial charge in [-0.3, -0.25) is 4.90 Å². The summed E-state index contributed by atoms with van der Waals surface area (Å²) in [5.41, 5.74) is 1.54. The van der Waals surface area contributed by atoms with Gasteiger partial charge in [-0.2, -0.15) is 0 Å². The fraction of sp³-hybridized carbons (Fsp3) is 0.500. The lowest BCUT2D eigenvalue weighted by atomic mass is 10.2. The van der Waals surface area contributed by atoms with Crippen LogP contribution < -0.4 is 0 Å². The summed E-state index contributed by atoms with van der Waals surface area (Å²) < 4.78 is 5.52. The minimum atomic E-state index is 0.117. The standard InChI is InChI=1S/C12H17NO/c1-12(2)9-13(12)11(14-3)10-7-5-4-6-8-10/h4-8,11H,9H2,1-3H3. The molecule has 1 aliphatic heterocycles. The summed E-state index contributed by atoms with van der Waals surface area (Å²) in [4.78, 5) is 2.35. The molecule has 0 aliphatic carbocycles. The Kier molecular flexibility index (Phi) is 2.33. The van der Waals surface area contributed by atoms with Crippen molar-refractivity contribution in [2.75, 3.05) is 13.7 Å². The molecule has 1 aliphatic rings. The van der Waals surface area contributed by atoms with Crippen LogP contribution in [0.1, 0.15) is 25.6 Å². The minimum Gasteiger partial charge on any atom is -0.362 e. The zero-order valence-corrected chi connectivity index (χ0v) is 9.03. The van der Waals surface area contributed by atoms with E-state index in [0.717, 1.165) is 6.54 Å². The second kappa shape index (κ2) is 3.37. The molecule has 1 aromatic rings. The van der Waals surface area contributed by atoms with Gasteiger partial charge >= 0.3 is 0 Å². The molecule has 0 radical (unpaired) electrons. The Hall–Kier alpha value is -0.860. The Morgan fingerprint density at radius 2 is 1.86 bits per heavy atom. The molecule has 76 valence electrons. The van der Waals surface area contributed by atoms with Crippen LogP contribution in [0.2, 0.25) is 0 Å². The summed E-state index contributed by atoms with van der Waals surface area (Å²) in [6.45, 7) is 5.59. The molecule has 0 N–H and O–H groups in total. The van der Waals surface area contributed by atoms with E-state index in [-0.39, 0.29) is 6.23 Å². The normalized spacial score (nSPS) is 25.8. The number of ether oxygens (including phenoxy) is 1. The van der Waals surface area contributed by atoms with Crippen molar-refractivity contribution in [3.05, 3.63) is 35.9 Å². The van der Waals surface area contributed by atoms with Crippen molar-refractivity contribution in [1.29, 1.82) is 0 Å². The molecule has 0 aromatic heterocycles. The van der Waals surface area contributed by atoms with Crippen LogP contribution in [0, 0.1) is 0 Å². The zero-order valence-electron chi connectivity index (χ0n) is 9.03. The molecule has 1 aromatic carbocycles. The first-order chi connectivity index (χ1) is 6.65. The van der Waals surface area contributed by atoms with Crippen LogP contribution in [0.25, 0.3) is 0 Å². The monoisotopic (exact) mass is 191 g/mol. The van der Waals surface area contributed by atoms with Crippen molar-refractivity contribution in [1.82, 2.24) is 4.90 Å². The van der Waals surface area contributed by atoms with Gasteiger partial charge in [0.2, 0.25) is 0 Å². The van der Waals surface area contributed by atoms with Crippen molar-refractivity contribution in [2.45, 2.75) is 25.6 Å². The molecule has 1 saturated heterocycles. The van der Waals surface area contributed by atoms with E-state index in [1.165, 1.54) is 5.56 Å². The number of hydrogen-bond acceptors (Lipinski definition) is 2. The quantitative estimate of drug-likeness (QED) is 0.680. The molecule has 2 nitrogen and oxygen atoms in total. The van der Waals surface area contributed by atoms with E-state index < -0.39 is 0 Å². The highest BCUT2D eigenvalue weighted by Gasteiger charge is 2.47. The predicted octanol–water partition coefficient (Wildman–Crippen LogP) is 2.43. The molecule has 2 unspecified atom stereocenters. The first-order valence-electron chi connectivity index (χ1n) is 4.99. The third-order valence-corrected chi connectivity index (χ3v) is 2.82. The predicted molar refractivity (Wildman–Crippen MR) is 57.0 cm³/mol. The van der Waals surface area contributed by atoms with Gasteiger partial charge in [-0.15, -0.1) is 0 Å². The number of hydrogen-bond donors (Lipinski definition) is 0. The van der Waals surface area contributed by atoms with E-state index >= 15 is 0 Å². The van der Waals surface area contributed by atoms with Crippen LogP contribution in [0.15, 0.2) is 30.3 Å². The van der Waals surface area contributed by atoms with E-state index in [1.54, 1.807) is 7.11 Å². The third-order valence-electron chi connectivity index (χ3n) is 2.82. The average molecular weight is 191 g/mol. The second-order valence-electron chi connectivity index (χ2n) is 4.44. The Bertz CT molecular complexity index is 307. The Balaban J connectivity index is 2.16. The van der Waals surface area contributed by atoms with Crippen molar-refractivity contribution >= 4 is 0 Å². The molecule has 2 atom stereocenters. The van der Waals surface area contributed by atoms with Crippen LogP contribution in [-0.2, 0) is 4.74 Å². The van der Waals surface area contributed by atoms with E-state index in [9.17, 15) is 0 Å². The lowest BCUT2D eigenvalue weighted by Crippen LogP contribution is -2.17. The molecule has 0 amide bonds.